The standard InChI is InChI=1S/C18H19N2O/c1-14-8-4-5-9-16(14)19-12-13-20(15(19)2)17-10-6-7-11-18(17)21-3/h4-13H,1-3H3/q+1. The van der Waals surface area contributed by atoms with E-state index in [9.17, 15) is 0 Å². The van der Waals surface area contributed by atoms with Crippen molar-refractivity contribution in [2.45, 2.75) is 13.8 Å². The second-order valence-corrected chi connectivity index (χ2v) is 5.04. The van der Waals surface area contributed by atoms with E-state index in [1.54, 1.807) is 7.11 Å². The van der Waals surface area contributed by atoms with Crippen LogP contribution in [-0.2, 0) is 0 Å². The molecule has 3 heteroatoms. The van der Waals surface area contributed by atoms with E-state index in [0.29, 0.717) is 0 Å². The van der Waals surface area contributed by atoms with Crippen molar-refractivity contribution < 1.29 is 9.30 Å². The van der Waals surface area contributed by atoms with Crippen LogP contribution in [0.3, 0.4) is 0 Å². The maximum absolute atomic E-state index is 5.46. The van der Waals surface area contributed by atoms with Crippen LogP contribution in [0, 0.1) is 13.8 Å². The Kier molecular flexibility index (Phi) is 3.48. The van der Waals surface area contributed by atoms with E-state index in [1.807, 2.05) is 18.2 Å². The predicted molar refractivity (Wildman–Crippen MR) is 83.3 cm³/mol. The van der Waals surface area contributed by atoms with E-state index >= 15 is 0 Å². The topological polar surface area (TPSA) is 18.0 Å². The highest BCUT2D eigenvalue weighted by Gasteiger charge is 2.19. The zero-order chi connectivity index (χ0) is 14.8. The van der Waals surface area contributed by atoms with Gasteiger partial charge >= 0.3 is 0 Å². The summed E-state index contributed by atoms with van der Waals surface area (Å²) >= 11 is 0. The van der Waals surface area contributed by atoms with Crippen molar-refractivity contribution in [1.29, 1.82) is 0 Å². The third-order valence-corrected chi connectivity index (χ3v) is 3.78. The van der Waals surface area contributed by atoms with Crippen LogP contribution in [0.5, 0.6) is 5.75 Å². The highest BCUT2D eigenvalue weighted by Crippen LogP contribution is 2.23. The molecule has 21 heavy (non-hydrogen) atoms. The van der Waals surface area contributed by atoms with Crippen molar-refractivity contribution in [3.63, 3.8) is 0 Å². The second kappa shape index (κ2) is 5.44. The zero-order valence-corrected chi connectivity index (χ0v) is 12.6. The van der Waals surface area contributed by atoms with E-state index in [-0.39, 0.29) is 0 Å². The van der Waals surface area contributed by atoms with E-state index in [0.717, 1.165) is 17.3 Å². The van der Waals surface area contributed by atoms with Gasteiger partial charge in [-0.1, -0.05) is 30.3 Å². The summed E-state index contributed by atoms with van der Waals surface area (Å²) in [5.74, 6) is 2.00. The molecule has 0 radical (unpaired) electrons. The lowest BCUT2D eigenvalue weighted by atomic mass is 10.2. The summed E-state index contributed by atoms with van der Waals surface area (Å²) in [4.78, 5) is 0. The van der Waals surface area contributed by atoms with Gasteiger partial charge in [0.1, 0.15) is 18.1 Å². The normalized spacial score (nSPS) is 10.6. The molecule has 2 aromatic carbocycles. The van der Waals surface area contributed by atoms with Crippen LogP contribution in [0.1, 0.15) is 11.4 Å². The molecule has 1 aromatic heterocycles. The van der Waals surface area contributed by atoms with Crippen LogP contribution in [0.25, 0.3) is 11.4 Å². The fraction of sp³-hybridized carbons (Fsp3) is 0.167. The maximum Gasteiger partial charge on any atom is 0.263 e. The number of hydrogen-bond donors (Lipinski definition) is 0. The van der Waals surface area contributed by atoms with E-state index < -0.39 is 0 Å². The molecule has 0 fully saturated rings. The first kappa shape index (κ1) is 13.4. The molecule has 1 heterocycles. The van der Waals surface area contributed by atoms with Gasteiger partial charge in [-0.15, -0.1) is 0 Å². The largest absolute Gasteiger partial charge is 0.492 e. The molecule has 0 aliphatic carbocycles. The molecule has 0 N–H and O–H groups in total. The summed E-state index contributed by atoms with van der Waals surface area (Å²) in [6.07, 6.45) is 4.16. The summed E-state index contributed by atoms with van der Waals surface area (Å²) in [6, 6.07) is 16.4. The minimum Gasteiger partial charge on any atom is -0.492 e. The number of hydrogen-bond acceptors (Lipinski definition) is 1. The summed E-state index contributed by atoms with van der Waals surface area (Å²) in [5.41, 5.74) is 3.50. The van der Waals surface area contributed by atoms with Gasteiger partial charge in [-0.25, -0.2) is 0 Å². The number of nitrogens with zero attached hydrogens (tertiary/aromatic N) is 2. The quantitative estimate of drug-likeness (QED) is 0.672. The van der Waals surface area contributed by atoms with Crippen molar-refractivity contribution >= 4 is 0 Å². The molecule has 0 atom stereocenters. The molecule has 3 nitrogen and oxygen atoms in total. The minimum absolute atomic E-state index is 0.869. The number of aromatic nitrogens is 2. The molecule has 0 unspecified atom stereocenters. The van der Waals surface area contributed by atoms with Crippen LogP contribution < -0.4 is 9.30 Å². The Labute approximate surface area is 125 Å². The lowest BCUT2D eigenvalue weighted by molar-refractivity contribution is -0.602. The Morgan fingerprint density at radius 2 is 1.67 bits per heavy atom. The van der Waals surface area contributed by atoms with E-state index in [1.165, 1.54) is 11.3 Å². The fourth-order valence-electron chi connectivity index (χ4n) is 2.64. The third-order valence-electron chi connectivity index (χ3n) is 3.78. The van der Waals surface area contributed by atoms with Gasteiger partial charge in [0.25, 0.3) is 5.82 Å². The summed E-state index contributed by atoms with van der Waals surface area (Å²) < 4.78 is 9.80. The van der Waals surface area contributed by atoms with Gasteiger partial charge < -0.3 is 4.74 Å². The molecule has 0 amide bonds. The van der Waals surface area contributed by atoms with E-state index in [2.05, 4.69) is 65.7 Å². The molecule has 3 aromatic rings. The van der Waals surface area contributed by atoms with Crippen LogP contribution >= 0.6 is 0 Å². The Hall–Kier alpha value is -2.55. The number of methoxy groups -OCH3 is 1. The van der Waals surface area contributed by atoms with Gasteiger partial charge in [0.15, 0.2) is 11.4 Å². The molecule has 0 bridgehead atoms. The number of benzene rings is 2. The second-order valence-electron chi connectivity index (χ2n) is 5.04. The number of aryl methyl sites for hydroxylation is 1. The Balaban J connectivity index is 2.14. The van der Waals surface area contributed by atoms with Gasteiger partial charge in [-0.05, 0) is 30.7 Å². The van der Waals surface area contributed by atoms with Crippen molar-refractivity contribution in [1.82, 2.24) is 4.57 Å². The minimum atomic E-state index is 0.869. The zero-order valence-electron chi connectivity index (χ0n) is 12.6. The van der Waals surface area contributed by atoms with Crippen molar-refractivity contribution in [3.05, 3.63) is 72.3 Å². The SMILES string of the molecule is COc1ccccc1-n1cc[n+](-c2ccccc2C)c1C. The Morgan fingerprint density at radius 3 is 2.43 bits per heavy atom. The molecule has 0 aliphatic rings. The maximum atomic E-state index is 5.46. The van der Waals surface area contributed by atoms with E-state index in [4.69, 9.17) is 4.74 Å². The predicted octanol–water partition coefficient (Wildman–Crippen LogP) is 3.38. The van der Waals surface area contributed by atoms with Gasteiger partial charge in [-0.3, -0.25) is 0 Å². The Morgan fingerprint density at radius 1 is 0.952 bits per heavy atom. The lowest BCUT2D eigenvalue weighted by Crippen LogP contribution is -2.33. The molecule has 0 aliphatic heterocycles. The van der Waals surface area contributed by atoms with Crippen molar-refractivity contribution in [3.8, 4) is 17.1 Å². The number of ether oxygens (including phenoxy) is 1. The van der Waals surface area contributed by atoms with Crippen molar-refractivity contribution in [2.75, 3.05) is 7.11 Å². The molecule has 106 valence electrons. The molecule has 3 rings (SSSR count). The highest BCUT2D eigenvalue weighted by molar-refractivity contribution is 5.47. The first-order valence-corrected chi connectivity index (χ1v) is 7.01. The van der Waals surface area contributed by atoms with Crippen LogP contribution in [-0.4, -0.2) is 11.7 Å². The average Bonchev–Trinajstić information content (AvgIpc) is 2.89. The average molecular weight is 279 g/mol. The smallest absolute Gasteiger partial charge is 0.263 e. The first-order valence-electron chi connectivity index (χ1n) is 7.01. The third kappa shape index (κ3) is 2.31. The van der Waals surface area contributed by atoms with Crippen LogP contribution in [0.15, 0.2) is 60.9 Å². The monoisotopic (exact) mass is 279 g/mol. The van der Waals surface area contributed by atoms with Crippen LogP contribution in [0.4, 0.5) is 0 Å². The number of para-hydroxylation sites is 3. The fourth-order valence-corrected chi connectivity index (χ4v) is 2.64. The lowest BCUT2D eigenvalue weighted by Gasteiger charge is -2.06. The van der Waals surface area contributed by atoms with Crippen molar-refractivity contribution in [2.24, 2.45) is 0 Å². The highest BCUT2D eigenvalue weighted by atomic mass is 16.5. The molecule has 0 spiro atoms. The molecular weight excluding hydrogens is 260 g/mol. The summed E-state index contributed by atoms with van der Waals surface area (Å²) in [7, 11) is 1.70. The first-order chi connectivity index (χ1) is 10.2. The van der Waals surface area contributed by atoms with Gasteiger partial charge in [0.05, 0.1) is 7.11 Å². The number of imidazole rings is 1. The Bertz CT molecular complexity index is 774. The van der Waals surface area contributed by atoms with Gasteiger partial charge in [0.2, 0.25) is 0 Å². The summed E-state index contributed by atoms with van der Waals surface area (Å²) in [6.45, 7) is 4.24. The summed E-state index contributed by atoms with van der Waals surface area (Å²) in [5, 5.41) is 0. The molecular formula is C18H19N2O+. The van der Waals surface area contributed by atoms with Gasteiger partial charge in [-0.2, -0.15) is 9.13 Å². The number of rotatable bonds is 3. The van der Waals surface area contributed by atoms with Crippen LogP contribution in [0.2, 0.25) is 0 Å². The molecule has 0 saturated carbocycles. The molecule has 0 saturated heterocycles. The van der Waals surface area contributed by atoms with Gasteiger partial charge in [0, 0.05) is 6.92 Å².